The van der Waals surface area contributed by atoms with E-state index in [0.717, 1.165) is 6.42 Å². The molecule has 0 aliphatic rings. The van der Waals surface area contributed by atoms with Crippen LogP contribution in [0.4, 0.5) is 0 Å². The maximum Gasteiger partial charge on any atom is 0.235 e. The number of rotatable bonds is 8. The van der Waals surface area contributed by atoms with Crippen LogP contribution in [0.1, 0.15) is 40.5 Å². The van der Waals surface area contributed by atoms with Gasteiger partial charge in [-0.3, -0.25) is 9.00 Å². The van der Waals surface area contributed by atoms with E-state index in [1.165, 1.54) is 0 Å². The van der Waals surface area contributed by atoms with Crippen molar-refractivity contribution >= 4 is 16.7 Å². The standard InChI is InChI=1S/C12H26N2O2S/c1-9(2)5-7-14-12(15)11(4)17(16)8-6-10(3)13/h9-11H,5-8,13H2,1-4H3,(H,14,15). The van der Waals surface area contributed by atoms with Gasteiger partial charge in [-0.25, -0.2) is 0 Å². The Morgan fingerprint density at radius 2 is 1.82 bits per heavy atom. The number of nitrogens with one attached hydrogen (secondary N) is 1. The first-order valence-electron chi connectivity index (χ1n) is 6.25. The van der Waals surface area contributed by atoms with Crippen LogP contribution >= 0.6 is 0 Å². The van der Waals surface area contributed by atoms with Crippen LogP contribution in [0.2, 0.25) is 0 Å². The van der Waals surface area contributed by atoms with Crippen molar-refractivity contribution in [3.63, 3.8) is 0 Å². The van der Waals surface area contributed by atoms with Crippen molar-refractivity contribution < 1.29 is 9.00 Å². The molecular formula is C12H26N2O2S. The molecule has 0 aromatic heterocycles. The van der Waals surface area contributed by atoms with Crippen LogP contribution in [0.3, 0.4) is 0 Å². The first-order valence-corrected chi connectivity index (χ1v) is 7.63. The molecule has 3 unspecified atom stereocenters. The molecule has 1 amide bonds. The minimum atomic E-state index is -1.12. The summed E-state index contributed by atoms with van der Waals surface area (Å²) in [6, 6.07) is 0.0372. The summed E-state index contributed by atoms with van der Waals surface area (Å²) in [5.74, 6) is 0.944. The number of nitrogens with two attached hydrogens (primary N) is 1. The van der Waals surface area contributed by atoms with E-state index in [2.05, 4.69) is 19.2 Å². The van der Waals surface area contributed by atoms with Crippen LogP contribution in [0.25, 0.3) is 0 Å². The van der Waals surface area contributed by atoms with Crippen molar-refractivity contribution in [2.45, 2.75) is 51.8 Å². The third-order valence-electron chi connectivity index (χ3n) is 2.56. The Hall–Kier alpha value is -0.420. The molecule has 0 aromatic rings. The van der Waals surface area contributed by atoms with Gasteiger partial charge in [-0.1, -0.05) is 13.8 Å². The molecule has 0 aliphatic carbocycles. The molecule has 3 atom stereocenters. The van der Waals surface area contributed by atoms with Crippen LogP contribution in [0.5, 0.6) is 0 Å². The van der Waals surface area contributed by atoms with Crippen LogP contribution in [-0.2, 0) is 15.6 Å². The number of hydrogen-bond acceptors (Lipinski definition) is 3. The summed E-state index contributed by atoms with van der Waals surface area (Å²) in [4.78, 5) is 11.7. The predicted octanol–water partition coefficient (Wildman–Crippen LogP) is 1.02. The fourth-order valence-electron chi connectivity index (χ4n) is 1.23. The Morgan fingerprint density at radius 1 is 1.24 bits per heavy atom. The normalized spacial score (nSPS) is 16.6. The average Bonchev–Trinajstić information content (AvgIpc) is 2.24. The summed E-state index contributed by atoms with van der Waals surface area (Å²) >= 11 is 0. The maximum atomic E-state index is 11.8. The third kappa shape index (κ3) is 8.32. The first kappa shape index (κ1) is 16.6. The largest absolute Gasteiger partial charge is 0.355 e. The van der Waals surface area contributed by atoms with E-state index in [4.69, 9.17) is 5.73 Å². The molecule has 102 valence electrons. The summed E-state index contributed by atoms with van der Waals surface area (Å²) in [5.41, 5.74) is 5.60. The molecule has 0 saturated carbocycles. The molecule has 4 nitrogen and oxygen atoms in total. The van der Waals surface area contributed by atoms with Gasteiger partial charge in [-0.2, -0.15) is 0 Å². The number of amides is 1. The molecule has 0 rings (SSSR count). The van der Waals surface area contributed by atoms with E-state index in [1.807, 2.05) is 6.92 Å². The molecule has 0 bridgehead atoms. The Morgan fingerprint density at radius 3 is 2.29 bits per heavy atom. The third-order valence-corrected chi connectivity index (χ3v) is 4.20. The smallest absolute Gasteiger partial charge is 0.235 e. The minimum absolute atomic E-state index is 0.0372. The lowest BCUT2D eigenvalue weighted by Gasteiger charge is -2.13. The van der Waals surface area contributed by atoms with Crippen molar-refractivity contribution in [1.29, 1.82) is 0 Å². The monoisotopic (exact) mass is 262 g/mol. The Bertz CT molecular complexity index is 255. The van der Waals surface area contributed by atoms with Crippen molar-refractivity contribution in [3.8, 4) is 0 Å². The van der Waals surface area contributed by atoms with Gasteiger partial charge in [0.2, 0.25) is 5.91 Å². The highest BCUT2D eigenvalue weighted by atomic mass is 32.2. The summed E-state index contributed by atoms with van der Waals surface area (Å²) in [6.45, 7) is 8.46. The van der Waals surface area contributed by atoms with E-state index in [1.54, 1.807) is 6.92 Å². The van der Waals surface area contributed by atoms with E-state index >= 15 is 0 Å². The van der Waals surface area contributed by atoms with E-state index in [0.29, 0.717) is 24.6 Å². The minimum Gasteiger partial charge on any atom is -0.355 e. The van der Waals surface area contributed by atoms with Crippen LogP contribution in [-0.4, -0.2) is 33.7 Å². The quantitative estimate of drug-likeness (QED) is 0.686. The van der Waals surface area contributed by atoms with Gasteiger partial charge in [0.25, 0.3) is 0 Å². The van der Waals surface area contributed by atoms with Crippen molar-refractivity contribution in [1.82, 2.24) is 5.32 Å². The molecule has 0 fully saturated rings. The van der Waals surface area contributed by atoms with Gasteiger partial charge in [0.1, 0.15) is 5.25 Å². The molecule has 0 aromatic carbocycles. The van der Waals surface area contributed by atoms with Crippen molar-refractivity contribution in [2.75, 3.05) is 12.3 Å². The molecule has 0 heterocycles. The molecule has 3 N–H and O–H groups in total. The van der Waals surface area contributed by atoms with Crippen LogP contribution < -0.4 is 11.1 Å². The van der Waals surface area contributed by atoms with E-state index in [9.17, 15) is 9.00 Å². The molecule has 5 heteroatoms. The van der Waals surface area contributed by atoms with Gasteiger partial charge in [-0.15, -0.1) is 0 Å². The molecule has 0 spiro atoms. The first-order chi connectivity index (χ1) is 7.84. The molecule has 0 aliphatic heterocycles. The predicted molar refractivity (Wildman–Crippen MR) is 73.2 cm³/mol. The van der Waals surface area contributed by atoms with Gasteiger partial charge in [0.15, 0.2) is 0 Å². The van der Waals surface area contributed by atoms with Gasteiger partial charge in [0.05, 0.1) is 0 Å². The molecular weight excluding hydrogens is 236 g/mol. The second-order valence-electron chi connectivity index (χ2n) is 4.97. The zero-order valence-electron chi connectivity index (χ0n) is 11.4. The highest BCUT2D eigenvalue weighted by Gasteiger charge is 2.19. The molecule has 0 radical (unpaired) electrons. The Balaban J connectivity index is 3.90. The Kier molecular flexibility index (Phi) is 8.43. The van der Waals surface area contributed by atoms with E-state index < -0.39 is 16.0 Å². The van der Waals surface area contributed by atoms with Crippen LogP contribution in [0, 0.1) is 5.92 Å². The topological polar surface area (TPSA) is 72.2 Å². The highest BCUT2D eigenvalue weighted by molar-refractivity contribution is 7.86. The average molecular weight is 262 g/mol. The zero-order chi connectivity index (χ0) is 13.4. The number of hydrogen-bond donors (Lipinski definition) is 2. The SMILES string of the molecule is CC(C)CCNC(=O)C(C)S(=O)CCC(C)N. The molecule has 17 heavy (non-hydrogen) atoms. The lowest BCUT2D eigenvalue weighted by molar-refractivity contribution is -0.120. The van der Waals surface area contributed by atoms with Gasteiger partial charge in [-0.05, 0) is 32.6 Å². The summed E-state index contributed by atoms with van der Waals surface area (Å²) in [5, 5.41) is 2.38. The number of carbonyl (C=O) groups excluding carboxylic acids is 1. The molecule has 0 saturated heterocycles. The van der Waals surface area contributed by atoms with Crippen molar-refractivity contribution in [3.05, 3.63) is 0 Å². The number of carbonyl (C=O) groups is 1. The lowest BCUT2D eigenvalue weighted by atomic mass is 10.1. The zero-order valence-corrected chi connectivity index (χ0v) is 12.2. The summed E-state index contributed by atoms with van der Waals surface area (Å²) in [7, 11) is -1.12. The van der Waals surface area contributed by atoms with E-state index in [-0.39, 0.29) is 11.9 Å². The lowest BCUT2D eigenvalue weighted by Crippen LogP contribution is -2.37. The highest BCUT2D eigenvalue weighted by Crippen LogP contribution is 2.01. The van der Waals surface area contributed by atoms with Gasteiger partial charge in [0, 0.05) is 29.1 Å². The second kappa shape index (κ2) is 8.64. The summed E-state index contributed by atoms with van der Waals surface area (Å²) in [6.07, 6.45) is 1.64. The van der Waals surface area contributed by atoms with Gasteiger partial charge < -0.3 is 11.1 Å². The maximum absolute atomic E-state index is 11.8. The Labute approximate surface area is 107 Å². The summed E-state index contributed by atoms with van der Waals surface area (Å²) < 4.78 is 11.8. The van der Waals surface area contributed by atoms with Crippen molar-refractivity contribution in [2.24, 2.45) is 11.7 Å². The van der Waals surface area contributed by atoms with Crippen LogP contribution in [0.15, 0.2) is 0 Å². The second-order valence-corrected chi connectivity index (χ2v) is 6.84. The fraction of sp³-hybridized carbons (Fsp3) is 0.917. The fourth-order valence-corrected chi connectivity index (χ4v) is 2.51. The van der Waals surface area contributed by atoms with Gasteiger partial charge >= 0.3 is 0 Å².